The van der Waals surface area contributed by atoms with Gasteiger partial charge in [-0.3, -0.25) is 4.90 Å². The molecule has 1 aliphatic rings. The Hall–Kier alpha value is 0.291. The first-order valence-electron chi connectivity index (χ1n) is 8.59. The third-order valence-corrected chi connectivity index (χ3v) is 4.57. The number of hydrogen-bond acceptors (Lipinski definition) is 4. The minimum absolute atomic E-state index is 0. The molecule has 0 unspecified atom stereocenters. The summed E-state index contributed by atoms with van der Waals surface area (Å²) < 4.78 is 45.0. The Balaban J connectivity index is 0.00000364. The summed E-state index contributed by atoms with van der Waals surface area (Å²) in [5, 5.41) is 0. The quantitative estimate of drug-likeness (QED) is 0.559. The molecule has 0 saturated carbocycles. The van der Waals surface area contributed by atoms with E-state index in [0.29, 0.717) is 43.2 Å². The van der Waals surface area contributed by atoms with Crippen molar-refractivity contribution < 1.29 is 73.9 Å². The van der Waals surface area contributed by atoms with E-state index in [1.54, 1.807) is 11.0 Å². The molecule has 1 amide bonds. The zero-order valence-electron chi connectivity index (χ0n) is 16.6. The molecule has 27 heavy (non-hydrogen) atoms. The van der Waals surface area contributed by atoms with Gasteiger partial charge in [0, 0.05) is 37.6 Å². The fourth-order valence-corrected chi connectivity index (χ4v) is 3.24. The van der Waals surface area contributed by atoms with Crippen molar-refractivity contribution in [3.63, 3.8) is 0 Å². The minimum atomic E-state index is -5.07. The third kappa shape index (κ3) is 7.56. The van der Waals surface area contributed by atoms with E-state index in [9.17, 15) is 17.7 Å². The van der Waals surface area contributed by atoms with Crippen LogP contribution < -0.4 is 56.8 Å². The molecule has 1 aromatic rings. The zero-order chi connectivity index (χ0) is 19.7. The van der Waals surface area contributed by atoms with Crippen LogP contribution >= 0.6 is 12.6 Å². The summed E-state index contributed by atoms with van der Waals surface area (Å²) in [4.78, 5) is 16.1. The van der Waals surface area contributed by atoms with E-state index in [2.05, 4.69) is 12.6 Å². The van der Waals surface area contributed by atoms with Gasteiger partial charge in [0.1, 0.15) is 5.60 Å². The normalized spacial score (nSPS) is 16.1. The van der Waals surface area contributed by atoms with Gasteiger partial charge >= 0.3 is 64.5 Å². The number of carbonyl (C=O) groups is 1. The van der Waals surface area contributed by atoms with Crippen LogP contribution in [0, 0.1) is 6.92 Å². The average Bonchev–Trinajstić information content (AvgIpc) is 2.48. The summed E-state index contributed by atoms with van der Waals surface area (Å²) in [6.45, 7) is 4.43. The molecule has 10 heteroatoms. The van der Waals surface area contributed by atoms with Crippen LogP contribution in [0.5, 0.6) is 0 Å². The molecule has 1 saturated heterocycles. The second-order valence-electron chi connectivity index (χ2n) is 7.64. The van der Waals surface area contributed by atoms with Crippen LogP contribution in [0.3, 0.4) is 0 Å². The summed E-state index contributed by atoms with van der Waals surface area (Å²) in [5.74, 6) is 0. The van der Waals surface area contributed by atoms with Crippen LogP contribution in [0.15, 0.2) is 17.0 Å². The number of hydrogen-bond donors (Lipinski definition) is 1. The number of carbonyl (C=O) groups excluding carboxylic acids is 1. The summed E-state index contributed by atoms with van der Waals surface area (Å²) >= 11 is 4.12. The van der Waals surface area contributed by atoms with Crippen molar-refractivity contribution in [1.82, 2.24) is 9.80 Å². The number of rotatable bonds is 3. The second kappa shape index (κ2) is 9.86. The van der Waals surface area contributed by atoms with E-state index in [4.69, 9.17) is 4.74 Å². The fourth-order valence-electron chi connectivity index (χ4n) is 2.94. The fraction of sp³-hybridized carbons (Fsp3) is 0.588. The monoisotopic (exact) mass is 428 g/mol. The Morgan fingerprint density at radius 2 is 1.74 bits per heavy atom. The molecule has 2 rings (SSSR count). The van der Waals surface area contributed by atoms with E-state index in [-0.39, 0.29) is 63.0 Å². The molecular weight excluding hydrogens is 403 g/mol. The summed E-state index contributed by atoms with van der Waals surface area (Å²) in [6.07, 6.45) is -0.354. The maximum atomic E-state index is 13.2. The first-order chi connectivity index (χ1) is 11.9. The van der Waals surface area contributed by atoms with Crippen molar-refractivity contribution in [2.45, 2.75) is 44.7 Å². The van der Waals surface area contributed by atoms with E-state index < -0.39 is 18.0 Å². The smallest absolute Gasteiger partial charge is 0.445 e. The molecule has 1 fully saturated rings. The van der Waals surface area contributed by atoms with Gasteiger partial charge in [0.2, 0.25) is 0 Å². The number of nitrogens with zero attached hydrogens (tertiary/aromatic N) is 2. The van der Waals surface area contributed by atoms with Crippen LogP contribution in [0.2, 0.25) is 0 Å². The van der Waals surface area contributed by atoms with Crippen LogP contribution in [0.25, 0.3) is 0 Å². The number of halogens is 3. The first-order valence-corrected chi connectivity index (χ1v) is 9.04. The summed E-state index contributed by atoms with van der Waals surface area (Å²) in [6, 6.07) is 2.77. The largest absolute Gasteiger partial charge is 1.00 e. The Kier molecular flexibility index (Phi) is 9.25. The molecule has 0 N–H and O–H groups in total. The van der Waals surface area contributed by atoms with Gasteiger partial charge in [-0.05, 0) is 39.3 Å². The van der Waals surface area contributed by atoms with Crippen molar-refractivity contribution in [2.75, 3.05) is 26.2 Å². The van der Waals surface area contributed by atoms with Crippen molar-refractivity contribution in [2.24, 2.45) is 0 Å². The standard InChI is InChI=1S/C17H25BF3N2O2S.K/c1-12-13(9-14(26)10-15(12)18(19,20)21)11-22-5-7-23(8-6-22)16(24)25-17(2,3)4;/h9-10,26H,5-8,11H2,1-4H3;/q-1;+1. The second-order valence-corrected chi connectivity index (χ2v) is 8.15. The maximum absolute atomic E-state index is 13.2. The van der Waals surface area contributed by atoms with Gasteiger partial charge in [0.25, 0.3) is 0 Å². The Morgan fingerprint density at radius 3 is 2.22 bits per heavy atom. The molecule has 0 aromatic heterocycles. The molecule has 4 nitrogen and oxygen atoms in total. The molecular formula is C17H25BF3KN2O2S. The van der Waals surface area contributed by atoms with Crippen molar-refractivity contribution in [3.05, 3.63) is 23.3 Å². The summed E-state index contributed by atoms with van der Waals surface area (Å²) in [7, 11) is 0. The molecule has 0 bridgehead atoms. The van der Waals surface area contributed by atoms with Crippen molar-refractivity contribution >= 4 is 31.2 Å². The van der Waals surface area contributed by atoms with Crippen LogP contribution in [-0.2, 0) is 11.3 Å². The SMILES string of the molecule is Cc1c(CN2CCN(C(=O)OC(C)(C)C)CC2)cc(S)cc1[B-](F)(F)F.[K+]. The number of ether oxygens (including phenoxy) is 1. The number of thiol groups is 1. The van der Waals surface area contributed by atoms with Crippen LogP contribution in [-0.4, -0.2) is 54.7 Å². The van der Waals surface area contributed by atoms with Gasteiger partial charge in [-0.25, -0.2) is 4.79 Å². The average molecular weight is 428 g/mol. The predicted molar refractivity (Wildman–Crippen MR) is 100 cm³/mol. The topological polar surface area (TPSA) is 32.8 Å². The van der Waals surface area contributed by atoms with E-state index >= 15 is 0 Å². The van der Waals surface area contributed by atoms with E-state index in [1.165, 1.54) is 6.92 Å². The number of amides is 1. The number of benzene rings is 1. The molecule has 0 atom stereocenters. The first kappa shape index (κ1) is 25.3. The predicted octanol–water partition coefficient (Wildman–Crippen LogP) is 0.395. The van der Waals surface area contributed by atoms with E-state index in [0.717, 1.165) is 6.07 Å². The molecule has 0 radical (unpaired) electrons. The molecule has 0 aliphatic carbocycles. The Bertz CT molecular complexity index is 675. The van der Waals surface area contributed by atoms with Gasteiger partial charge in [-0.1, -0.05) is 11.6 Å². The molecule has 0 spiro atoms. The minimum Gasteiger partial charge on any atom is -0.445 e. The van der Waals surface area contributed by atoms with Crippen LogP contribution in [0.4, 0.5) is 17.7 Å². The van der Waals surface area contributed by atoms with Crippen molar-refractivity contribution in [3.8, 4) is 0 Å². The van der Waals surface area contributed by atoms with Gasteiger partial charge in [-0.2, -0.15) is 0 Å². The molecule has 1 aromatic carbocycles. The van der Waals surface area contributed by atoms with Gasteiger partial charge < -0.3 is 22.6 Å². The Morgan fingerprint density at radius 1 is 1.19 bits per heavy atom. The summed E-state index contributed by atoms with van der Waals surface area (Å²) in [5.41, 5.74) is -0.254. The van der Waals surface area contributed by atoms with Gasteiger partial charge in [0.05, 0.1) is 0 Å². The van der Waals surface area contributed by atoms with Crippen molar-refractivity contribution in [1.29, 1.82) is 0 Å². The van der Waals surface area contributed by atoms with Gasteiger partial charge in [-0.15, -0.1) is 18.1 Å². The zero-order valence-corrected chi connectivity index (χ0v) is 20.6. The molecule has 1 heterocycles. The van der Waals surface area contributed by atoms with E-state index in [1.807, 2.05) is 25.7 Å². The third-order valence-electron chi connectivity index (χ3n) is 4.31. The Labute approximate surface area is 207 Å². The van der Waals surface area contributed by atoms with Gasteiger partial charge in [0.15, 0.2) is 0 Å². The van der Waals surface area contributed by atoms with Crippen LogP contribution in [0.1, 0.15) is 31.9 Å². The number of piperazine rings is 1. The maximum Gasteiger partial charge on any atom is 1.00 e. The molecule has 1 aliphatic heterocycles. The molecule has 146 valence electrons.